The van der Waals surface area contributed by atoms with E-state index >= 15 is 0 Å². The molecule has 1 aromatic carbocycles. The van der Waals surface area contributed by atoms with Crippen molar-refractivity contribution in [1.29, 1.82) is 0 Å². The highest BCUT2D eigenvalue weighted by Gasteiger charge is 2.17. The third-order valence-corrected chi connectivity index (χ3v) is 3.93. The summed E-state index contributed by atoms with van der Waals surface area (Å²) in [6.07, 6.45) is 1.66. The Bertz CT molecular complexity index is 808. The van der Waals surface area contributed by atoms with Crippen molar-refractivity contribution in [3.63, 3.8) is 0 Å². The predicted molar refractivity (Wildman–Crippen MR) is 93.9 cm³/mol. The third kappa shape index (κ3) is 3.54. The molecule has 0 aliphatic carbocycles. The largest absolute Gasteiger partial charge is 0.345 e. The second-order valence-corrected chi connectivity index (χ2v) is 6.12. The fourth-order valence-electron chi connectivity index (χ4n) is 2.59. The maximum Gasteiger partial charge on any atom is 0.147 e. The molecule has 23 heavy (non-hydrogen) atoms. The van der Waals surface area contributed by atoms with Gasteiger partial charge in [-0.1, -0.05) is 23.7 Å². The average Bonchev–Trinajstić information content (AvgIpc) is 2.84. The molecule has 0 fully saturated rings. The van der Waals surface area contributed by atoms with Crippen LogP contribution in [-0.2, 0) is 0 Å². The van der Waals surface area contributed by atoms with E-state index < -0.39 is 0 Å². The lowest BCUT2D eigenvalue weighted by Gasteiger charge is -2.22. The zero-order valence-corrected chi connectivity index (χ0v) is 14.2. The SMILES string of the molecule is Cc1ccnc(N[C@@H](c2ccc(Cl)cc2)n2nc(C)cc2C)c1. The minimum Gasteiger partial charge on any atom is -0.345 e. The van der Waals surface area contributed by atoms with Gasteiger partial charge in [0.2, 0.25) is 0 Å². The Morgan fingerprint density at radius 1 is 1.04 bits per heavy atom. The summed E-state index contributed by atoms with van der Waals surface area (Å²) in [6.45, 7) is 6.09. The highest BCUT2D eigenvalue weighted by molar-refractivity contribution is 6.30. The van der Waals surface area contributed by atoms with Crippen LogP contribution in [0.1, 0.15) is 28.7 Å². The first-order chi connectivity index (χ1) is 11.0. The lowest BCUT2D eigenvalue weighted by Crippen LogP contribution is -2.22. The second kappa shape index (κ2) is 6.42. The summed E-state index contributed by atoms with van der Waals surface area (Å²) in [6, 6.07) is 13.9. The van der Waals surface area contributed by atoms with E-state index in [1.165, 1.54) is 0 Å². The smallest absolute Gasteiger partial charge is 0.147 e. The van der Waals surface area contributed by atoms with Gasteiger partial charge in [-0.25, -0.2) is 9.67 Å². The van der Waals surface area contributed by atoms with Gasteiger partial charge in [0, 0.05) is 16.9 Å². The van der Waals surface area contributed by atoms with Crippen molar-refractivity contribution in [1.82, 2.24) is 14.8 Å². The number of halogens is 1. The van der Waals surface area contributed by atoms with Gasteiger partial charge in [0.25, 0.3) is 0 Å². The molecule has 0 unspecified atom stereocenters. The summed E-state index contributed by atoms with van der Waals surface area (Å²) in [5, 5.41) is 8.81. The number of anilines is 1. The minimum absolute atomic E-state index is 0.143. The van der Waals surface area contributed by atoms with Gasteiger partial charge in [0.15, 0.2) is 0 Å². The molecular formula is C18H19ClN4. The van der Waals surface area contributed by atoms with Gasteiger partial charge in [0.1, 0.15) is 12.0 Å². The molecule has 4 nitrogen and oxygen atoms in total. The quantitative estimate of drug-likeness (QED) is 0.766. The maximum absolute atomic E-state index is 6.02. The molecule has 0 radical (unpaired) electrons. The van der Waals surface area contributed by atoms with Crippen LogP contribution >= 0.6 is 11.6 Å². The molecule has 0 aliphatic rings. The van der Waals surface area contributed by atoms with Gasteiger partial charge < -0.3 is 5.32 Å². The number of hydrogen-bond donors (Lipinski definition) is 1. The van der Waals surface area contributed by atoms with E-state index in [9.17, 15) is 0 Å². The van der Waals surface area contributed by atoms with E-state index in [-0.39, 0.29) is 6.17 Å². The minimum atomic E-state index is -0.143. The average molecular weight is 327 g/mol. The van der Waals surface area contributed by atoms with Crippen molar-refractivity contribution in [3.05, 3.63) is 76.2 Å². The molecule has 0 saturated carbocycles. The Morgan fingerprint density at radius 3 is 2.39 bits per heavy atom. The van der Waals surface area contributed by atoms with Crippen LogP contribution in [0.2, 0.25) is 5.02 Å². The molecule has 0 bridgehead atoms. The number of aromatic nitrogens is 3. The highest BCUT2D eigenvalue weighted by atomic mass is 35.5. The van der Waals surface area contributed by atoms with Crippen LogP contribution < -0.4 is 5.32 Å². The summed E-state index contributed by atoms with van der Waals surface area (Å²) in [5.41, 5.74) is 4.30. The Labute approximate surface area is 141 Å². The Hall–Kier alpha value is -2.33. The van der Waals surface area contributed by atoms with Crippen LogP contribution in [0, 0.1) is 20.8 Å². The number of benzene rings is 1. The first kappa shape index (κ1) is 15.6. The number of nitrogens with zero attached hydrogens (tertiary/aromatic N) is 3. The van der Waals surface area contributed by atoms with Crippen LogP contribution in [0.5, 0.6) is 0 Å². The van der Waals surface area contributed by atoms with E-state index in [1.54, 1.807) is 6.20 Å². The van der Waals surface area contributed by atoms with Gasteiger partial charge >= 0.3 is 0 Å². The first-order valence-corrected chi connectivity index (χ1v) is 7.88. The fourth-order valence-corrected chi connectivity index (χ4v) is 2.72. The molecule has 3 aromatic rings. The molecule has 0 saturated heterocycles. The summed E-state index contributed by atoms with van der Waals surface area (Å²) in [4.78, 5) is 4.41. The van der Waals surface area contributed by atoms with E-state index in [4.69, 9.17) is 11.6 Å². The van der Waals surface area contributed by atoms with Crippen LogP contribution in [0.15, 0.2) is 48.7 Å². The molecule has 3 rings (SSSR count). The highest BCUT2D eigenvalue weighted by Crippen LogP contribution is 2.24. The summed E-state index contributed by atoms with van der Waals surface area (Å²) in [7, 11) is 0. The number of rotatable bonds is 4. The van der Waals surface area contributed by atoms with Gasteiger partial charge in [-0.3, -0.25) is 0 Å². The number of nitrogens with one attached hydrogen (secondary N) is 1. The molecule has 2 heterocycles. The topological polar surface area (TPSA) is 42.7 Å². The molecule has 5 heteroatoms. The van der Waals surface area contributed by atoms with Gasteiger partial charge in [-0.15, -0.1) is 0 Å². The van der Waals surface area contributed by atoms with Crippen molar-refractivity contribution in [2.24, 2.45) is 0 Å². The van der Waals surface area contributed by atoms with Gasteiger partial charge in [-0.05, 0) is 62.2 Å². The van der Waals surface area contributed by atoms with Crippen molar-refractivity contribution < 1.29 is 0 Å². The number of aryl methyl sites for hydroxylation is 3. The number of pyridine rings is 1. The lowest BCUT2D eigenvalue weighted by atomic mass is 10.1. The predicted octanol–water partition coefficient (Wildman–Crippen LogP) is 4.52. The van der Waals surface area contributed by atoms with E-state index in [0.29, 0.717) is 0 Å². The summed E-state index contributed by atoms with van der Waals surface area (Å²) < 4.78 is 1.97. The molecule has 0 spiro atoms. The van der Waals surface area contributed by atoms with Gasteiger partial charge in [0.05, 0.1) is 5.69 Å². The molecular weight excluding hydrogens is 308 g/mol. The normalized spacial score (nSPS) is 12.2. The van der Waals surface area contributed by atoms with Crippen LogP contribution in [0.4, 0.5) is 5.82 Å². The van der Waals surface area contributed by atoms with E-state index in [0.717, 1.165) is 33.4 Å². The Morgan fingerprint density at radius 2 is 1.78 bits per heavy atom. The summed E-state index contributed by atoms with van der Waals surface area (Å²) in [5.74, 6) is 0.817. The van der Waals surface area contributed by atoms with Crippen LogP contribution in [-0.4, -0.2) is 14.8 Å². The zero-order valence-electron chi connectivity index (χ0n) is 13.4. The molecule has 0 aliphatic heterocycles. The Balaban J connectivity index is 2.02. The van der Waals surface area contributed by atoms with Crippen LogP contribution in [0.3, 0.4) is 0 Å². The number of hydrogen-bond acceptors (Lipinski definition) is 3. The second-order valence-electron chi connectivity index (χ2n) is 5.69. The van der Waals surface area contributed by atoms with Crippen molar-refractivity contribution >= 4 is 17.4 Å². The van der Waals surface area contributed by atoms with E-state index in [1.807, 2.05) is 61.9 Å². The molecule has 1 N–H and O–H groups in total. The molecule has 1 atom stereocenters. The lowest BCUT2D eigenvalue weighted by molar-refractivity contribution is 0.556. The van der Waals surface area contributed by atoms with Crippen molar-refractivity contribution in [2.45, 2.75) is 26.9 Å². The fraction of sp³-hybridized carbons (Fsp3) is 0.222. The van der Waals surface area contributed by atoms with Crippen molar-refractivity contribution in [2.75, 3.05) is 5.32 Å². The molecule has 2 aromatic heterocycles. The monoisotopic (exact) mass is 326 g/mol. The van der Waals surface area contributed by atoms with Gasteiger partial charge in [-0.2, -0.15) is 5.10 Å². The van der Waals surface area contributed by atoms with E-state index in [2.05, 4.69) is 21.5 Å². The summed E-state index contributed by atoms with van der Waals surface area (Å²) >= 11 is 6.02. The third-order valence-electron chi connectivity index (χ3n) is 3.67. The zero-order chi connectivity index (χ0) is 16.4. The molecule has 0 amide bonds. The van der Waals surface area contributed by atoms with Crippen molar-refractivity contribution in [3.8, 4) is 0 Å². The Kier molecular flexibility index (Phi) is 4.35. The first-order valence-electron chi connectivity index (χ1n) is 7.50. The molecule has 118 valence electrons. The van der Waals surface area contributed by atoms with Crippen LogP contribution in [0.25, 0.3) is 0 Å². The standard InChI is InChI=1S/C18H19ClN4/c1-12-8-9-20-17(10-12)21-18(15-4-6-16(19)7-5-15)23-14(3)11-13(2)22-23/h4-11,18H,1-3H3,(H,20,21)/t18-/m1/s1. The maximum atomic E-state index is 6.02.